The monoisotopic (exact) mass is 238 g/mol. The molecule has 2 heterocycles. The van der Waals surface area contributed by atoms with Gasteiger partial charge in [-0.05, 0) is 66.0 Å². The van der Waals surface area contributed by atoms with E-state index in [9.17, 15) is 0 Å². The van der Waals surface area contributed by atoms with Gasteiger partial charge < -0.3 is 0 Å². The Morgan fingerprint density at radius 1 is 1.00 bits per heavy atom. The average Bonchev–Trinajstić information content (AvgIpc) is 2.61. The molecule has 2 nitrogen and oxygen atoms in total. The number of piperidine rings is 1. The van der Waals surface area contributed by atoms with Gasteiger partial charge in [0.15, 0.2) is 0 Å². The molecule has 100 valence electrons. The summed E-state index contributed by atoms with van der Waals surface area (Å²) in [5.74, 6) is 0.948. The minimum atomic E-state index is 0.331. The van der Waals surface area contributed by atoms with E-state index in [1.165, 1.54) is 38.9 Å². The maximum Gasteiger partial charge on any atom is 0.0238 e. The summed E-state index contributed by atoms with van der Waals surface area (Å²) in [4.78, 5) is 5.44. The SMILES string of the molecule is CC1CCN(C2C[C@H](C)N(C(C)(C)C)C2)CC1. The fraction of sp³-hybridized carbons (Fsp3) is 1.00. The Labute approximate surface area is 107 Å². The molecule has 0 amide bonds. The van der Waals surface area contributed by atoms with Crippen molar-refractivity contribution in [2.45, 2.75) is 71.5 Å². The van der Waals surface area contributed by atoms with Gasteiger partial charge in [-0.25, -0.2) is 0 Å². The fourth-order valence-corrected chi connectivity index (χ4v) is 3.60. The molecule has 0 aromatic heterocycles. The van der Waals surface area contributed by atoms with Gasteiger partial charge in [0.1, 0.15) is 0 Å². The van der Waals surface area contributed by atoms with E-state index in [0.29, 0.717) is 5.54 Å². The summed E-state index contributed by atoms with van der Waals surface area (Å²) in [6.07, 6.45) is 4.17. The van der Waals surface area contributed by atoms with Crippen molar-refractivity contribution in [2.75, 3.05) is 19.6 Å². The van der Waals surface area contributed by atoms with Crippen molar-refractivity contribution < 1.29 is 0 Å². The molecule has 17 heavy (non-hydrogen) atoms. The maximum atomic E-state index is 2.75. The molecule has 0 radical (unpaired) electrons. The van der Waals surface area contributed by atoms with Crippen molar-refractivity contribution in [1.29, 1.82) is 0 Å². The summed E-state index contributed by atoms with van der Waals surface area (Å²) < 4.78 is 0. The normalized spacial score (nSPS) is 34.4. The predicted octanol–water partition coefficient (Wildman–Crippen LogP) is 2.98. The van der Waals surface area contributed by atoms with Crippen LogP contribution in [0.1, 0.15) is 53.9 Å². The Kier molecular flexibility index (Phi) is 3.84. The summed E-state index contributed by atoms with van der Waals surface area (Å²) in [5.41, 5.74) is 0.331. The summed E-state index contributed by atoms with van der Waals surface area (Å²) >= 11 is 0. The summed E-state index contributed by atoms with van der Waals surface area (Å²) in [5, 5.41) is 0. The van der Waals surface area contributed by atoms with Crippen LogP contribution < -0.4 is 0 Å². The van der Waals surface area contributed by atoms with Gasteiger partial charge in [-0.15, -0.1) is 0 Å². The first kappa shape index (κ1) is 13.4. The Balaban J connectivity index is 1.92. The van der Waals surface area contributed by atoms with Crippen LogP contribution in [0.3, 0.4) is 0 Å². The second-order valence-electron chi connectivity index (χ2n) is 7.28. The third-order valence-electron chi connectivity index (χ3n) is 4.75. The van der Waals surface area contributed by atoms with Gasteiger partial charge in [0.25, 0.3) is 0 Å². The number of likely N-dealkylation sites (tertiary alicyclic amines) is 2. The lowest BCUT2D eigenvalue weighted by Gasteiger charge is -2.37. The lowest BCUT2D eigenvalue weighted by Crippen LogP contribution is -2.46. The topological polar surface area (TPSA) is 6.48 Å². The number of nitrogens with zero attached hydrogens (tertiary/aromatic N) is 2. The van der Waals surface area contributed by atoms with Gasteiger partial charge >= 0.3 is 0 Å². The van der Waals surface area contributed by atoms with Crippen LogP contribution in [0.5, 0.6) is 0 Å². The minimum Gasteiger partial charge on any atom is -0.299 e. The molecule has 0 aromatic rings. The molecule has 2 heteroatoms. The van der Waals surface area contributed by atoms with Gasteiger partial charge in [-0.2, -0.15) is 0 Å². The van der Waals surface area contributed by atoms with Gasteiger partial charge in [0, 0.05) is 24.2 Å². The van der Waals surface area contributed by atoms with E-state index in [0.717, 1.165) is 18.0 Å². The zero-order valence-electron chi connectivity index (χ0n) is 12.4. The summed E-state index contributed by atoms with van der Waals surface area (Å²) in [6, 6.07) is 1.57. The van der Waals surface area contributed by atoms with Crippen molar-refractivity contribution in [3.8, 4) is 0 Å². The van der Waals surface area contributed by atoms with Gasteiger partial charge in [0.05, 0.1) is 0 Å². The van der Waals surface area contributed by atoms with Gasteiger partial charge in [-0.3, -0.25) is 9.80 Å². The second-order valence-corrected chi connectivity index (χ2v) is 7.28. The standard InChI is InChI=1S/C15H30N2/c1-12-6-8-16(9-7-12)14-10-13(2)17(11-14)15(3,4)5/h12-14H,6-11H2,1-5H3/t13-,14?/m0/s1. The van der Waals surface area contributed by atoms with E-state index in [4.69, 9.17) is 0 Å². The lowest BCUT2D eigenvalue weighted by molar-refractivity contribution is 0.105. The van der Waals surface area contributed by atoms with Crippen molar-refractivity contribution in [3.63, 3.8) is 0 Å². The van der Waals surface area contributed by atoms with E-state index in [2.05, 4.69) is 44.4 Å². The molecule has 2 atom stereocenters. The molecular weight excluding hydrogens is 208 g/mol. The van der Waals surface area contributed by atoms with Crippen molar-refractivity contribution in [2.24, 2.45) is 5.92 Å². The van der Waals surface area contributed by atoms with Crippen LogP contribution in [-0.2, 0) is 0 Å². The van der Waals surface area contributed by atoms with Crippen molar-refractivity contribution >= 4 is 0 Å². The second kappa shape index (κ2) is 4.89. The Bertz CT molecular complexity index is 248. The molecule has 0 aliphatic carbocycles. The third kappa shape index (κ3) is 3.03. The van der Waals surface area contributed by atoms with Crippen LogP contribution >= 0.6 is 0 Å². The first-order chi connectivity index (χ1) is 7.88. The molecule has 2 rings (SSSR count). The molecular formula is C15H30N2. The Morgan fingerprint density at radius 2 is 1.59 bits per heavy atom. The van der Waals surface area contributed by atoms with E-state index >= 15 is 0 Å². The zero-order valence-corrected chi connectivity index (χ0v) is 12.4. The highest BCUT2D eigenvalue weighted by Gasteiger charge is 2.38. The van der Waals surface area contributed by atoms with Crippen LogP contribution in [0.4, 0.5) is 0 Å². The molecule has 0 bridgehead atoms. The van der Waals surface area contributed by atoms with Crippen molar-refractivity contribution in [3.05, 3.63) is 0 Å². The highest BCUT2D eigenvalue weighted by atomic mass is 15.3. The molecule has 2 fully saturated rings. The van der Waals surface area contributed by atoms with Gasteiger partial charge in [-0.1, -0.05) is 6.92 Å². The number of hydrogen-bond acceptors (Lipinski definition) is 2. The van der Waals surface area contributed by atoms with Crippen molar-refractivity contribution in [1.82, 2.24) is 9.80 Å². The number of rotatable bonds is 1. The Morgan fingerprint density at radius 3 is 2.06 bits per heavy atom. The first-order valence-electron chi connectivity index (χ1n) is 7.38. The molecule has 0 spiro atoms. The minimum absolute atomic E-state index is 0.331. The average molecular weight is 238 g/mol. The largest absolute Gasteiger partial charge is 0.299 e. The Hall–Kier alpha value is -0.0800. The van der Waals surface area contributed by atoms with E-state index < -0.39 is 0 Å². The van der Waals surface area contributed by atoms with E-state index in [-0.39, 0.29) is 0 Å². The lowest BCUT2D eigenvalue weighted by atomic mass is 9.97. The quantitative estimate of drug-likeness (QED) is 0.693. The fourth-order valence-electron chi connectivity index (χ4n) is 3.60. The van der Waals surface area contributed by atoms with Crippen LogP contribution in [-0.4, -0.2) is 47.1 Å². The van der Waals surface area contributed by atoms with Crippen LogP contribution in [0, 0.1) is 5.92 Å². The summed E-state index contributed by atoms with van der Waals surface area (Å²) in [7, 11) is 0. The van der Waals surface area contributed by atoms with E-state index in [1.807, 2.05) is 0 Å². The molecule has 2 aliphatic heterocycles. The van der Waals surface area contributed by atoms with E-state index in [1.54, 1.807) is 0 Å². The molecule has 1 unspecified atom stereocenters. The molecule has 2 saturated heterocycles. The third-order valence-corrected chi connectivity index (χ3v) is 4.75. The van der Waals surface area contributed by atoms with Crippen LogP contribution in [0.25, 0.3) is 0 Å². The molecule has 2 aliphatic rings. The van der Waals surface area contributed by atoms with Crippen LogP contribution in [0.15, 0.2) is 0 Å². The smallest absolute Gasteiger partial charge is 0.0238 e. The molecule has 0 saturated carbocycles. The zero-order chi connectivity index (χ0) is 12.6. The maximum absolute atomic E-state index is 2.75. The number of hydrogen-bond donors (Lipinski definition) is 0. The molecule has 0 N–H and O–H groups in total. The highest BCUT2D eigenvalue weighted by Crippen LogP contribution is 2.30. The van der Waals surface area contributed by atoms with Gasteiger partial charge in [0.2, 0.25) is 0 Å². The first-order valence-corrected chi connectivity index (χ1v) is 7.38. The highest BCUT2D eigenvalue weighted by molar-refractivity contribution is 4.95. The molecule has 0 aromatic carbocycles. The predicted molar refractivity (Wildman–Crippen MR) is 74.3 cm³/mol. The van der Waals surface area contributed by atoms with Crippen LogP contribution in [0.2, 0.25) is 0 Å². The summed E-state index contributed by atoms with van der Waals surface area (Å²) in [6.45, 7) is 15.8.